The molecule has 0 spiro atoms. The van der Waals surface area contributed by atoms with Crippen LogP contribution in [0.2, 0.25) is 0 Å². The SMILES string of the molecule is CCN1CCN(C(=O)C2CCC(=O)N2c2ccc(F)cc2)CC1. The van der Waals surface area contributed by atoms with Gasteiger partial charge in [0, 0.05) is 38.3 Å². The molecule has 3 rings (SSSR count). The van der Waals surface area contributed by atoms with Crippen LogP contribution in [0, 0.1) is 5.82 Å². The van der Waals surface area contributed by atoms with E-state index in [1.54, 1.807) is 12.1 Å². The third-order valence-electron chi connectivity index (χ3n) is 4.73. The van der Waals surface area contributed by atoms with Crippen LogP contribution >= 0.6 is 0 Å². The summed E-state index contributed by atoms with van der Waals surface area (Å²) in [6.45, 7) is 6.26. The lowest BCUT2D eigenvalue weighted by atomic mass is 10.1. The first-order valence-corrected chi connectivity index (χ1v) is 8.19. The third kappa shape index (κ3) is 3.22. The standard InChI is InChI=1S/C17H22FN3O2/c1-2-19-9-11-20(12-10-19)17(23)15-7-8-16(22)21(15)14-5-3-13(18)4-6-14/h3-6,15H,2,7-12H2,1H3. The van der Waals surface area contributed by atoms with Gasteiger partial charge in [-0.2, -0.15) is 0 Å². The summed E-state index contributed by atoms with van der Waals surface area (Å²) in [5, 5.41) is 0. The van der Waals surface area contributed by atoms with Crippen molar-refractivity contribution < 1.29 is 14.0 Å². The number of halogens is 1. The molecule has 0 N–H and O–H groups in total. The Morgan fingerprint density at radius 2 is 1.83 bits per heavy atom. The summed E-state index contributed by atoms with van der Waals surface area (Å²) in [4.78, 5) is 30.7. The summed E-state index contributed by atoms with van der Waals surface area (Å²) < 4.78 is 13.1. The van der Waals surface area contributed by atoms with Crippen molar-refractivity contribution in [2.75, 3.05) is 37.6 Å². The third-order valence-corrected chi connectivity index (χ3v) is 4.73. The van der Waals surface area contributed by atoms with Crippen molar-refractivity contribution in [1.29, 1.82) is 0 Å². The zero-order valence-electron chi connectivity index (χ0n) is 13.4. The fourth-order valence-corrected chi connectivity index (χ4v) is 3.34. The van der Waals surface area contributed by atoms with Crippen molar-refractivity contribution in [3.8, 4) is 0 Å². The Morgan fingerprint density at radius 3 is 2.43 bits per heavy atom. The first kappa shape index (κ1) is 15.9. The van der Waals surface area contributed by atoms with Gasteiger partial charge in [-0.25, -0.2) is 4.39 Å². The van der Waals surface area contributed by atoms with E-state index in [0.29, 0.717) is 31.6 Å². The largest absolute Gasteiger partial charge is 0.338 e. The van der Waals surface area contributed by atoms with Crippen LogP contribution in [0.4, 0.5) is 10.1 Å². The Morgan fingerprint density at radius 1 is 1.17 bits per heavy atom. The maximum absolute atomic E-state index is 13.1. The zero-order valence-corrected chi connectivity index (χ0v) is 13.4. The number of hydrogen-bond donors (Lipinski definition) is 0. The molecule has 2 amide bonds. The van der Waals surface area contributed by atoms with E-state index in [0.717, 1.165) is 19.6 Å². The molecule has 0 bridgehead atoms. The average molecular weight is 319 g/mol. The molecule has 0 aliphatic carbocycles. The monoisotopic (exact) mass is 319 g/mol. The van der Waals surface area contributed by atoms with Gasteiger partial charge in [0.15, 0.2) is 0 Å². The van der Waals surface area contributed by atoms with Crippen LogP contribution in [0.15, 0.2) is 24.3 Å². The molecule has 2 aliphatic heterocycles. The van der Waals surface area contributed by atoms with Crippen molar-refractivity contribution in [2.24, 2.45) is 0 Å². The highest BCUT2D eigenvalue weighted by atomic mass is 19.1. The normalized spacial score (nSPS) is 22.7. The van der Waals surface area contributed by atoms with Crippen LogP contribution in [0.3, 0.4) is 0 Å². The van der Waals surface area contributed by atoms with Gasteiger partial charge in [-0.1, -0.05) is 6.92 Å². The zero-order chi connectivity index (χ0) is 16.4. The van der Waals surface area contributed by atoms with E-state index in [4.69, 9.17) is 0 Å². The van der Waals surface area contributed by atoms with Crippen LogP contribution < -0.4 is 4.90 Å². The van der Waals surface area contributed by atoms with Crippen LogP contribution in [-0.2, 0) is 9.59 Å². The van der Waals surface area contributed by atoms with Crippen LogP contribution in [0.25, 0.3) is 0 Å². The molecular formula is C17H22FN3O2. The van der Waals surface area contributed by atoms with E-state index in [1.807, 2.05) is 4.90 Å². The number of amides is 2. The van der Waals surface area contributed by atoms with Gasteiger partial charge in [-0.3, -0.25) is 14.5 Å². The van der Waals surface area contributed by atoms with Crippen LogP contribution in [0.1, 0.15) is 19.8 Å². The minimum absolute atomic E-state index is 0.0101. The Balaban J connectivity index is 1.74. The Bertz CT molecular complexity index is 582. The topological polar surface area (TPSA) is 43.9 Å². The molecule has 0 aromatic heterocycles. The Labute approximate surface area is 135 Å². The molecule has 2 saturated heterocycles. The lowest BCUT2D eigenvalue weighted by molar-refractivity contribution is -0.134. The number of piperazine rings is 1. The summed E-state index contributed by atoms with van der Waals surface area (Å²) in [5.74, 6) is -0.406. The second-order valence-corrected chi connectivity index (χ2v) is 6.05. The molecule has 1 atom stereocenters. The van der Waals surface area contributed by atoms with Gasteiger partial charge < -0.3 is 9.80 Å². The van der Waals surface area contributed by atoms with Crippen molar-refractivity contribution >= 4 is 17.5 Å². The van der Waals surface area contributed by atoms with E-state index in [1.165, 1.54) is 17.0 Å². The smallest absolute Gasteiger partial charge is 0.245 e. The quantitative estimate of drug-likeness (QED) is 0.848. The van der Waals surface area contributed by atoms with Crippen molar-refractivity contribution in [3.05, 3.63) is 30.1 Å². The van der Waals surface area contributed by atoms with Gasteiger partial charge in [0.2, 0.25) is 11.8 Å². The molecule has 1 unspecified atom stereocenters. The number of carbonyl (C=O) groups is 2. The van der Waals surface area contributed by atoms with E-state index in [-0.39, 0.29) is 17.6 Å². The number of likely N-dealkylation sites (N-methyl/N-ethyl adjacent to an activating group) is 1. The lowest BCUT2D eigenvalue weighted by Gasteiger charge is -2.36. The highest BCUT2D eigenvalue weighted by Crippen LogP contribution is 2.28. The first-order chi connectivity index (χ1) is 11.1. The first-order valence-electron chi connectivity index (χ1n) is 8.19. The molecule has 23 heavy (non-hydrogen) atoms. The molecule has 1 aromatic carbocycles. The number of nitrogens with zero attached hydrogens (tertiary/aromatic N) is 3. The molecule has 2 fully saturated rings. The fraction of sp³-hybridized carbons (Fsp3) is 0.529. The Hall–Kier alpha value is -1.95. The molecule has 2 aliphatic rings. The van der Waals surface area contributed by atoms with Crippen molar-refractivity contribution in [2.45, 2.75) is 25.8 Å². The van der Waals surface area contributed by atoms with Crippen LogP contribution in [-0.4, -0.2) is 60.4 Å². The highest BCUT2D eigenvalue weighted by Gasteiger charge is 2.39. The van der Waals surface area contributed by atoms with Gasteiger partial charge in [-0.05, 0) is 37.2 Å². The molecule has 2 heterocycles. The van der Waals surface area contributed by atoms with Crippen molar-refractivity contribution in [1.82, 2.24) is 9.80 Å². The number of rotatable bonds is 3. The molecule has 0 radical (unpaired) electrons. The van der Waals surface area contributed by atoms with E-state index < -0.39 is 6.04 Å². The lowest BCUT2D eigenvalue weighted by Crippen LogP contribution is -2.54. The molecule has 6 heteroatoms. The molecular weight excluding hydrogens is 297 g/mol. The predicted molar refractivity (Wildman–Crippen MR) is 85.6 cm³/mol. The minimum atomic E-state index is -0.457. The molecule has 124 valence electrons. The van der Waals surface area contributed by atoms with Crippen LogP contribution in [0.5, 0.6) is 0 Å². The molecule has 0 saturated carbocycles. The van der Waals surface area contributed by atoms with Gasteiger partial charge >= 0.3 is 0 Å². The van der Waals surface area contributed by atoms with E-state index in [9.17, 15) is 14.0 Å². The number of carbonyl (C=O) groups excluding carboxylic acids is 2. The average Bonchev–Trinajstić information content (AvgIpc) is 2.97. The predicted octanol–water partition coefficient (Wildman–Crippen LogP) is 1.49. The minimum Gasteiger partial charge on any atom is -0.338 e. The summed E-state index contributed by atoms with van der Waals surface area (Å²) in [6, 6.07) is 5.31. The van der Waals surface area contributed by atoms with Gasteiger partial charge in [0.25, 0.3) is 0 Å². The summed E-state index contributed by atoms with van der Waals surface area (Å²) >= 11 is 0. The summed E-state index contributed by atoms with van der Waals surface area (Å²) in [7, 11) is 0. The molecule has 5 nitrogen and oxygen atoms in total. The number of hydrogen-bond acceptors (Lipinski definition) is 3. The highest BCUT2D eigenvalue weighted by molar-refractivity contribution is 6.03. The van der Waals surface area contributed by atoms with Gasteiger partial charge in [0.05, 0.1) is 0 Å². The fourth-order valence-electron chi connectivity index (χ4n) is 3.34. The maximum Gasteiger partial charge on any atom is 0.245 e. The Kier molecular flexibility index (Phi) is 4.61. The van der Waals surface area contributed by atoms with E-state index in [2.05, 4.69) is 11.8 Å². The number of anilines is 1. The van der Waals surface area contributed by atoms with Gasteiger partial charge in [-0.15, -0.1) is 0 Å². The maximum atomic E-state index is 13.1. The number of benzene rings is 1. The second-order valence-electron chi connectivity index (χ2n) is 6.05. The molecule has 1 aromatic rings. The summed E-state index contributed by atoms with van der Waals surface area (Å²) in [6.07, 6.45) is 0.895. The summed E-state index contributed by atoms with van der Waals surface area (Å²) in [5.41, 5.74) is 0.597. The van der Waals surface area contributed by atoms with E-state index >= 15 is 0 Å². The second kappa shape index (κ2) is 6.66. The van der Waals surface area contributed by atoms with Gasteiger partial charge in [0.1, 0.15) is 11.9 Å². The van der Waals surface area contributed by atoms with Crippen molar-refractivity contribution in [3.63, 3.8) is 0 Å².